The van der Waals surface area contributed by atoms with Gasteiger partial charge in [-0.2, -0.15) is 0 Å². The highest BCUT2D eigenvalue weighted by atomic mass is 35.5. The van der Waals surface area contributed by atoms with E-state index >= 15 is 0 Å². The van der Waals surface area contributed by atoms with Crippen molar-refractivity contribution in [3.63, 3.8) is 0 Å². The normalized spacial score (nSPS) is 11.7. The van der Waals surface area contributed by atoms with Crippen molar-refractivity contribution in [2.45, 2.75) is 30.6 Å². The number of ether oxygens (including phenoxy) is 1. The third-order valence-corrected chi connectivity index (χ3v) is 6.02. The zero-order valence-electron chi connectivity index (χ0n) is 14.6. The van der Waals surface area contributed by atoms with E-state index < -0.39 is 15.8 Å². The summed E-state index contributed by atoms with van der Waals surface area (Å²) >= 11 is 6.06. The van der Waals surface area contributed by atoms with E-state index in [2.05, 4.69) is 4.98 Å². The van der Waals surface area contributed by atoms with Crippen LogP contribution in [0.3, 0.4) is 0 Å². The topological polar surface area (TPSA) is 76.2 Å². The summed E-state index contributed by atoms with van der Waals surface area (Å²) in [7, 11) is -3.97. The minimum atomic E-state index is -3.97. The Morgan fingerprint density at radius 2 is 1.77 bits per heavy atom. The molecule has 26 heavy (non-hydrogen) atoms. The molecule has 0 unspecified atom stereocenters. The van der Waals surface area contributed by atoms with Crippen molar-refractivity contribution in [1.82, 2.24) is 4.98 Å². The summed E-state index contributed by atoms with van der Waals surface area (Å²) < 4.78 is 31.8. The lowest BCUT2D eigenvalue weighted by atomic mass is 10.2. The lowest BCUT2D eigenvalue weighted by Gasteiger charge is -2.09. The average Bonchev–Trinajstić information content (AvgIpc) is 2.93. The number of sulfone groups is 1. The van der Waals surface area contributed by atoms with Crippen molar-refractivity contribution >= 4 is 38.3 Å². The van der Waals surface area contributed by atoms with Gasteiger partial charge in [0.1, 0.15) is 10.6 Å². The molecule has 0 radical (unpaired) electrons. The molecule has 0 saturated heterocycles. The number of H-pyrrole nitrogens is 1. The van der Waals surface area contributed by atoms with Gasteiger partial charge in [-0.3, -0.25) is 0 Å². The Morgan fingerprint density at radius 3 is 2.38 bits per heavy atom. The minimum Gasteiger partial charge on any atom is -0.461 e. The molecule has 5 nitrogen and oxygen atoms in total. The highest BCUT2D eigenvalue weighted by Gasteiger charge is 2.30. The van der Waals surface area contributed by atoms with Gasteiger partial charge in [0, 0.05) is 15.9 Å². The average molecular weight is 392 g/mol. The van der Waals surface area contributed by atoms with Gasteiger partial charge in [0.2, 0.25) is 9.84 Å². The highest BCUT2D eigenvalue weighted by molar-refractivity contribution is 7.91. The first-order valence-corrected chi connectivity index (χ1v) is 9.92. The molecule has 0 bridgehead atoms. The zero-order chi connectivity index (χ0) is 19.1. The number of aromatic amines is 1. The summed E-state index contributed by atoms with van der Waals surface area (Å²) in [6, 6.07) is 9.85. The number of hydrogen-bond acceptors (Lipinski definition) is 4. The van der Waals surface area contributed by atoms with E-state index in [-0.39, 0.29) is 22.1 Å². The number of hydrogen-bond donors (Lipinski definition) is 1. The molecule has 0 saturated carbocycles. The van der Waals surface area contributed by atoms with Gasteiger partial charge >= 0.3 is 5.97 Å². The molecule has 0 spiro atoms. The first kappa shape index (κ1) is 18.5. The third-order valence-electron chi connectivity index (χ3n) is 3.97. The molecule has 3 rings (SSSR count). The van der Waals surface area contributed by atoms with Crippen LogP contribution < -0.4 is 0 Å². The molecule has 3 aromatic rings. The molecule has 0 aliphatic rings. The number of aryl methyl sites for hydroxylation is 2. The van der Waals surface area contributed by atoms with Gasteiger partial charge in [0.15, 0.2) is 0 Å². The fourth-order valence-corrected chi connectivity index (χ4v) is 4.92. The first-order valence-electron chi connectivity index (χ1n) is 8.05. The van der Waals surface area contributed by atoms with Crippen molar-refractivity contribution in [2.75, 3.05) is 6.61 Å². The molecule has 0 atom stereocenters. The molecule has 136 valence electrons. The molecule has 0 amide bonds. The summed E-state index contributed by atoms with van der Waals surface area (Å²) in [5, 5.41) is 0.739. The van der Waals surface area contributed by atoms with Gasteiger partial charge in [0.25, 0.3) is 0 Å². The SMILES string of the molecule is CCOC(=O)c1[nH]c2ccc(Cl)cc2c1S(=O)(=O)c1cc(C)cc(C)c1. The van der Waals surface area contributed by atoms with Gasteiger partial charge < -0.3 is 9.72 Å². The summed E-state index contributed by atoms with van der Waals surface area (Å²) in [5.41, 5.74) is 2.04. The highest BCUT2D eigenvalue weighted by Crippen LogP contribution is 2.34. The van der Waals surface area contributed by atoms with E-state index in [0.29, 0.717) is 15.9 Å². The second-order valence-electron chi connectivity index (χ2n) is 6.07. The number of esters is 1. The van der Waals surface area contributed by atoms with E-state index in [1.54, 1.807) is 31.2 Å². The predicted octanol–water partition coefficient (Wildman–Crippen LogP) is 4.45. The van der Waals surface area contributed by atoms with Crippen LogP contribution in [0, 0.1) is 13.8 Å². The van der Waals surface area contributed by atoms with E-state index in [4.69, 9.17) is 16.3 Å². The van der Waals surface area contributed by atoms with Crippen LogP contribution in [0.5, 0.6) is 0 Å². The molecule has 2 aromatic carbocycles. The molecule has 1 heterocycles. The molecule has 7 heteroatoms. The fraction of sp³-hybridized carbons (Fsp3) is 0.211. The van der Waals surface area contributed by atoms with Crippen molar-refractivity contribution in [1.29, 1.82) is 0 Å². The summed E-state index contributed by atoms with van der Waals surface area (Å²) in [6.07, 6.45) is 0. The number of nitrogens with one attached hydrogen (secondary N) is 1. The minimum absolute atomic E-state index is 0.0942. The van der Waals surface area contributed by atoms with Crippen LogP contribution in [0.25, 0.3) is 10.9 Å². The quantitative estimate of drug-likeness (QED) is 0.666. The Labute approximate surface area is 156 Å². The van der Waals surface area contributed by atoms with Crippen molar-refractivity contribution < 1.29 is 17.9 Å². The molecule has 0 aliphatic carbocycles. The van der Waals surface area contributed by atoms with E-state index in [1.165, 1.54) is 6.07 Å². The van der Waals surface area contributed by atoms with Crippen molar-refractivity contribution in [2.24, 2.45) is 0 Å². The summed E-state index contributed by atoms with van der Waals surface area (Å²) in [5.74, 6) is -0.720. The van der Waals surface area contributed by atoms with Crippen LogP contribution in [-0.4, -0.2) is 26.0 Å². The van der Waals surface area contributed by atoms with E-state index in [1.807, 2.05) is 19.9 Å². The zero-order valence-corrected chi connectivity index (χ0v) is 16.2. The van der Waals surface area contributed by atoms with Gasteiger partial charge in [-0.1, -0.05) is 17.7 Å². The monoisotopic (exact) mass is 391 g/mol. The molecule has 0 aliphatic heterocycles. The molecular formula is C19H18ClNO4S. The fourth-order valence-electron chi connectivity index (χ4n) is 2.97. The lowest BCUT2D eigenvalue weighted by molar-refractivity contribution is 0.0516. The maximum atomic E-state index is 13.4. The van der Waals surface area contributed by atoms with Crippen molar-refractivity contribution in [3.8, 4) is 0 Å². The standard InChI is InChI=1S/C19H18ClNO4S/c1-4-25-19(22)17-18(15-10-13(20)5-6-16(15)21-17)26(23,24)14-8-11(2)7-12(3)9-14/h5-10,21H,4H2,1-3H3. The number of carbonyl (C=O) groups excluding carboxylic acids is 1. The van der Waals surface area contributed by atoms with E-state index in [0.717, 1.165) is 11.1 Å². The maximum absolute atomic E-state index is 13.4. The van der Waals surface area contributed by atoms with Gasteiger partial charge in [-0.15, -0.1) is 0 Å². The molecule has 0 fully saturated rings. The smallest absolute Gasteiger partial charge is 0.356 e. The molecule has 1 aromatic heterocycles. The Kier molecular flexibility index (Phi) is 4.82. The third kappa shape index (κ3) is 3.22. The number of fused-ring (bicyclic) bond motifs is 1. The molecular weight excluding hydrogens is 374 g/mol. The predicted molar refractivity (Wildman–Crippen MR) is 101 cm³/mol. The number of halogens is 1. The van der Waals surface area contributed by atoms with Gasteiger partial charge in [-0.25, -0.2) is 13.2 Å². The van der Waals surface area contributed by atoms with Crippen molar-refractivity contribution in [3.05, 3.63) is 58.2 Å². The molecule has 1 N–H and O–H groups in total. The second-order valence-corrected chi connectivity index (χ2v) is 8.39. The van der Waals surface area contributed by atoms with Gasteiger partial charge in [-0.05, 0) is 62.2 Å². The largest absolute Gasteiger partial charge is 0.461 e. The number of benzene rings is 2. The van der Waals surface area contributed by atoms with E-state index in [9.17, 15) is 13.2 Å². The van der Waals surface area contributed by atoms with Crippen LogP contribution in [0.4, 0.5) is 0 Å². The maximum Gasteiger partial charge on any atom is 0.356 e. The Balaban J connectivity index is 2.35. The number of aromatic nitrogens is 1. The Morgan fingerprint density at radius 1 is 1.12 bits per heavy atom. The van der Waals surface area contributed by atoms with Gasteiger partial charge in [0.05, 0.1) is 11.5 Å². The second kappa shape index (κ2) is 6.78. The Bertz CT molecular complexity index is 1100. The number of carbonyl (C=O) groups is 1. The Hall–Kier alpha value is -2.31. The van der Waals surface area contributed by atoms with Crippen LogP contribution in [0.1, 0.15) is 28.5 Å². The summed E-state index contributed by atoms with van der Waals surface area (Å²) in [6.45, 7) is 5.45. The van der Waals surface area contributed by atoms with Crippen LogP contribution in [0.15, 0.2) is 46.2 Å². The lowest BCUT2D eigenvalue weighted by Crippen LogP contribution is -2.12. The summed E-state index contributed by atoms with van der Waals surface area (Å²) in [4.78, 5) is 15.3. The van der Waals surface area contributed by atoms with Crippen LogP contribution in [-0.2, 0) is 14.6 Å². The number of rotatable bonds is 4. The van der Waals surface area contributed by atoms with Crippen LogP contribution >= 0.6 is 11.6 Å². The van der Waals surface area contributed by atoms with Crippen LogP contribution in [0.2, 0.25) is 5.02 Å². The first-order chi connectivity index (χ1) is 12.2.